The Morgan fingerprint density at radius 2 is 1.12 bits per heavy atom. The molecule has 1 atom stereocenters. The molecule has 0 aliphatic carbocycles. The maximum atomic E-state index is 12.3. The van der Waals surface area contributed by atoms with E-state index in [1.165, 1.54) is 57.8 Å². The fraction of sp³-hybridized carbons (Fsp3) is 0.926. The molecule has 32 heavy (non-hydrogen) atoms. The van der Waals surface area contributed by atoms with Crippen molar-refractivity contribution in [1.29, 1.82) is 0 Å². The van der Waals surface area contributed by atoms with Crippen molar-refractivity contribution in [1.82, 2.24) is 0 Å². The number of esters is 2. The van der Waals surface area contributed by atoms with Gasteiger partial charge in [0.15, 0.2) is 6.10 Å². The number of unbranched alkanes of at least 4 members (excludes halogenated alkanes) is 13. The first-order chi connectivity index (χ1) is 15.3. The summed E-state index contributed by atoms with van der Waals surface area (Å²) in [6.07, 6.45) is 18.4. The Hall–Kier alpha value is -1.10. The average Bonchev–Trinajstić information content (AvgIpc) is 2.70. The van der Waals surface area contributed by atoms with Gasteiger partial charge in [-0.3, -0.25) is 9.59 Å². The Balaban J connectivity index is 3.95. The van der Waals surface area contributed by atoms with Gasteiger partial charge in [-0.15, -0.1) is 0 Å². The second-order valence-electron chi connectivity index (χ2n) is 10.4. The van der Waals surface area contributed by atoms with E-state index < -0.39 is 6.10 Å². The predicted octanol–water partition coefficient (Wildman–Crippen LogP) is 6.82. The first-order valence-corrected chi connectivity index (χ1v) is 13.4. The molecule has 0 rings (SSSR count). The van der Waals surface area contributed by atoms with Crippen LogP contribution in [0.15, 0.2) is 0 Å². The number of rotatable bonds is 22. The van der Waals surface area contributed by atoms with Crippen molar-refractivity contribution in [3.05, 3.63) is 0 Å². The second-order valence-corrected chi connectivity index (χ2v) is 10.4. The van der Waals surface area contributed by atoms with Gasteiger partial charge in [-0.05, 0) is 12.8 Å². The Labute approximate surface area is 199 Å². The summed E-state index contributed by atoms with van der Waals surface area (Å²) in [5.74, 6) is -0.452. The molecule has 0 unspecified atom stereocenters. The summed E-state index contributed by atoms with van der Waals surface area (Å²) in [5.41, 5.74) is 0. The summed E-state index contributed by atoms with van der Waals surface area (Å²) in [6.45, 7) is 5.48. The minimum absolute atomic E-state index is 0.147. The van der Waals surface area contributed by atoms with Crippen LogP contribution in [0.4, 0.5) is 0 Å². The van der Waals surface area contributed by atoms with E-state index in [1.807, 2.05) is 21.1 Å². The maximum absolute atomic E-state index is 12.3. The van der Waals surface area contributed by atoms with E-state index in [0.29, 0.717) is 24.1 Å². The van der Waals surface area contributed by atoms with Crippen molar-refractivity contribution in [3.63, 3.8) is 0 Å². The molecular weight excluding hydrogens is 402 g/mol. The molecule has 0 aromatic carbocycles. The third-order valence-electron chi connectivity index (χ3n) is 5.69. The summed E-state index contributed by atoms with van der Waals surface area (Å²) in [5, 5.41) is 0. The monoisotopic (exact) mass is 456 g/mol. The third-order valence-corrected chi connectivity index (χ3v) is 5.69. The number of carbonyl (C=O) groups excluding carboxylic acids is 2. The molecule has 5 nitrogen and oxygen atoms in total. The normalized spacial score (nSPS) is 12.5. The van der Waals surface area contributed by atoms with Gasteiger partial charge in [0.25, 0.3) is 0 Å². The number of ether oxygens (including phenoxy) is 2. The standard InChI is InChI=1S/C27H54NO4/c1-6-8-10-12-13-14-15-16-17-18-20-22-31-27(30)23-25(24-28(3,4)5)32-26(29)21-19-11-9-7-2/h25H,6-24H2,1-5H3/q+1/t25-/m1/s1. The van der Waals surface area contributed by atoms with Crippen LogP contribution in [-0.2, 0) is 19.1 Å². The molecule has 0 spiro atoms. The topological polar surface area (TPSA) is 52.6 Å². The van der Waals surface area contributed by atoms with Gasteiger partial charge in [-0.1, -0.05) is 97.3 Å². The molecule has 0 radical (unpaired) electrons. The molecule has 0 aliphatic rings. The number of likely N-dealkylation sites (N-methyl/N-ethyl adjacent to an activating group) is 1. The molecule has 0 bridgehead atoms. The van der Waals surface area contributed by atoms with Crippen LogP contribution in [0, 0.1) is 0 Å². The van der Waals surface area contributed by atoms with E-state index >= 15 is 0 Å². The lowest BCUT2D eigenvalue weighted by molar-refractivity contribution is -0.873. The first-order valence-electron chi connectivity index (χ1n) is 13.4. The molecule has 190 valence electrons. The van der Waals surface area contributed by atoms with Crippen LogP contribution in [-0.4, -0.2) is 56.8 Å². The fourth-order valence-electron chi connectivity index (χ4n) is 3.89. The minimum atomic E-state index is -0.418. The van der Waals surface area contributed by atoms with Crippen molar-refractivity contribution in [2.75, 3.05) is 34.3 Å². The average molecular weight is 457 g/mol. The highest BCUT2D eigenvalue weighted by Crippen LogP contribution is 2.13. The van der Waals surface area contributed by atoms with Crippen LogP contribution in [0.5, 0.6) is 0 Å². The lowest BCUT2D eigenvalue weighted by atomic mass is 10.1. The number of nitrogens with zero attached hydrogens (tertiary/aromatic N) is 1. The Morgan fingerprint density at radius 3 is 1.62 bits per heavy atom. The van der Waals surface area contributed by atoms with Gasteiger partial charge < -0.3 is 14.0 Å². The molecule has 0 aromatic heterocycles. The lowest BCUT2D eigenvalue weighted by Gasteiger charge is -2.28. The smallest absolute Gasteiger partial charge is 0.309 e. The second kappa shape index (κ2) is 20.5. The highest BCUT2D eigenvalue weighted by molar-refractivity contribution is 5.72. The minimum Gasteiger partial charge on any atom is -0.466 e. The van der Waals surface area contributed by atoms with Crippen LogP contribution >= 0.6 is 0 Å². The number of hydrogen-bond donors (Lipinski definition) is 0. The summed E-state index contributed by atoms with van der Waals surface area (Å²) in [4.78, 5) is 24.5. The predicted molar refractivity (Wildman–Crippen MR) is 134 cm³/mol. The van der Waals surface area contributed by atoms with Crippen molar-refractivity contribution < 1.29 is 23.5 Å². The van der Waals surface area contributed by atoms with Crippen LogP contribution in [0.3, 0.4) is 0 Å². The highest BCUT2D eigenvalue weighted by Gasteiger charge is 2.25. The zero-order chi connectivity index (χ0) is 24.1. The third kappa shape index (κ3) is 22.1. The van der Waals surface area contributed by atoms with Crippen molar-refractivity contribution in [3.8, 4) is 0 Å². The molecule has 0 amide bonds. The van der Waals surface area contributed by atoms with E-state index in [1.54, 1.807) is 0 Å². The summed E-state index contributed by atoms with van der Waals surface area (Å²) < 4.78 is 11.7. The molecule has 5 heteroatoms. The quantitative estimate of drug-likeness (QED) is 0.102. The van der Waals surface area contributed by atoms with Gasteiger partial charge >= 0.3 is 11.9 Å². The van der Waals surface area contributed by atoms with Gasteiger partial charge in [0.1, 0.15) is 6.54 Å². The largest absolute Gasteiger partial charge is 0.466 e. The molecule has 0 saturated heterocycles. The van der Waals surface area contributed by atoms with Gasteiger partial charge in [-0.2, -0.15) is 0 Å². The van der Waals surface area contributed by atoms with Crippen LogP contribution in [0.25, 0.3) is 0 Å². The van der Waals surface area contributed by atoms with Crippen molar-refractivity contribution in [2.24, 2.45) is 0 Å². The van der Waals surface area contributed by atoms with Gasteiger partial charge in [0.05, 0.1) is 34.2 Å². The lowest BCUT2D eigenvalue weighted by Crippen LogP contribution is -2.44. The van der Waals surface area contributed by atoms with E-state index in [4.69, 9.17) is 9.47 Å². The number of quaternary nitrogens is 1. The van der Waals surface area contributed by atoms with Gasteiger partial charge in [-0.25, -0.2) is 0 Å². The zero-order valence-corrected chi connectivity index (χ0v) is 22.1. The molecule has 0 fully saturated rings. The van der Waals surface area contributed by atoms with Crippen LogP contribution in [0.2, 0.25) is 0 Å². The van der Waals surface area contributed by atoms with E-state index in [9.17, 15) is 9.59 Å². The SMILES string of the molecule is CCCCCCCCCCCCCOC(=O)C[C@H](C[N+](C)(C)C)OC(=O)CCCCCC. The van der Waals surface area contributed by atoms with Gasteiger partial charge in [0, 0.05) is 6.42 Å². The molecule has 0 aliphatic heterocycles. The summed E-state index contributed by atoms with van der Waals surface area (Å²) in [7, 11) is 6.12. The molecule has 0 saturated carbocycles. The van der Waals surface area contributed by atoms with Gasteiger partial charge in [0.2, 0.25) is 0 Å². The molecule has 0 aromatic rings. The number of hydrogen-bond acceptors (Lipinski definition) is 4. The Bertz CT molecular complexity index is 459. The summed E-state index contributed by atoms with van der Waals surface area (Å²) in [6, 6.07) is 0. The fourth-order valence-corrected chi connectivity index (χ4v) is 3.89. The first kappa shape index (κ1) is 30.9. The van der Waals surface area contributed by atoms with Crippen molar-refractivity contribution >= 4 is 11.9 Å². The number of carbonyl (C=O) groups is 2. The van der Waals surface area contributed by atoms with Crippen molar-refractivity contribution in [2.45, 2.75) is 129 Å². The van der Waals surface area contributed by atoms with E-state index in [-0.39, 0.29) is 18.4 Å². The van der Waals surface area contributed by atoms with Crippen LogP contribution < -0.4 is 0 Å². The zero-order valence-electron chi connectivity index (χ0n) is 22.1. The molecular formula is C27H54NO4+. The van der Waals surface area contributed by atoms with Crippen LogP contribution in [0.1, 0.15) is 123 Å². The maximum Gasteiger partial charge on any atom is 0.309 e. The Morgan fingerprint density at radius 1 is 0.656 bits per heavy atom. The molecule has 0 heterocycles. The highest BCUT2D eigenvalue weighted by atomic mass is 16.6. The molecule has 0 N–H and O–H groups in total. The van der Waals surface area contributed by atoms with E-state index in [0.717, 1.165) is 38.5 Å². The van der Waals surface area contributed by atoms with E-state index in [2.05, 4.69) is 13.8 Å². The summed E-state index contributed by atoms with van der Waals surface area (Å²) >= 11 is 0. The Kier molecular flexibility index (Phi) is 19.8.